The standard InChI is InChI=1S/C10H9ClN4O/c1-7(16)14-9-2-3-10(12-5-9)15-6-8(11)4-13-15/h2-6H,1H3,(H,14,16). The Bertz CT molecular complexity index is 506. The topological polar surface area (TPSA) is 59.8 Å². The second kappa shape index (κ2) is 4.32. The van der Waals surface area contributed by atoms with Gasteiger partial charge in [0.15, 0.2) is 5.82 Å². The number of anilines is 1. The first kappa shape index (κ1) is 10.6. The molecule has 0 unspecified atom stereocenters. The van der Waals surface area contributed by atoms with Crippen molar-refractivity contribution in [3.63, 3.8) is 0 Å². The van der Waals surface area contributed by atoms with Gasteiger partial charge in [-0.2, -0.15) is 5.10 Å². The Labute approximate surface area is 97.1 Å². The normalized spacial score (nSPS) is 10.1. The molecule has 82 valence electrons. The van der Waals surface area contributed by atoms with Crippen molar-refractivity contribution in [3.05, 3.63) is 35.7 Å². The van der Waals surface area contributed by atoms with Gasteiger partial charge in [-0.3, -0.25) is 4.79 Å². The molecule has 0 aliphatic carbocycles. The highest BCUT2D eigenvalue weighted by atomic mass is 35.5. The van der Waals surface area contributed by atoms with E-state index in [0.29, 0.717) is 16.5 Å². The molecule has 0 radical (unpaired) electrons. The maximum atomic E-state index is 10.8. The molecule has 0 aliphatic heterocycles. The molecule has 2 heterocycles. The summed E-state index contributed by atoms with van der Waals surface area (Å²) in [5.41, 5.74) is 0.648. The van der Waals surface area contributed by atoms with Crippen LogP contribution in [0.3, 0.4) is 0 Å². The van der Waals surface area contributed by atoms with E-state index >= 15 is 0 Å². The van der Waals surface area contributed by atoms with Crippen LogP contribution in [0.4, 0.5) is 5.69 Å². The molecule has 16 heavy (non-hydrogen) atoms. The van der Waals surface area contributed by atoms with Crippen LogP contribution in [0.25, 0.3) is 5.82 Å². The summed E-state index contributed by atoms with van der Waals surface area (Å²) in [7, 11) is 0. The Hall–Kier alpha value is -1.88. The van der Waals surface area contributed by atoms with Gasteiger partial charge in [0.25, 0.3) is 0 Å². The first-order valence-corrected chi connectivity index (χ1v) is 4.97. The van der Waals surface area contributed by atoms with Gasteiger partial charge in [0.05, 0.1) is 29.3 Å². The average Bonchev–Trinajstić information content (AvgIpc) is 2.65. The van der Waals surface area contributed by atoms with Crippen molar-refractivity contribution in [1.29, 1.82) is 0 Å². The molecule has 5 nitrogen and oxygen atoms in total. The van der Waals surface area contributed by atoms with Gasteiger partial charge >= 0.3 is 0 Å². The second-order valence-electron chi connectivity index (χ2n) is 3.19. The molecule has 1 N–H and O–H groups in total. The van der Waals surface area contributed by atoms with E-state index in [1.165, 1.54) is 13.1 Å². The zero-order chi connectivity index (χ0) is 11.5. The smallest absolute Gasteiger partial charge is 0.221 e. The summed E-state index contributed by atoms with van der Waals surface area (Å²) in [6, 6.07) is 3.49. The Morgan fingerprint density at radius 2 is 2.25 bits per heavy atom. The van der Waals surface area contributed by atoms with Crippen LogP contribution in [0.1, 0.15) is 6.92 Å². The van der Waals surface area contributed by atoms with E-state index in [2.05, 4.69) is 15.4 Å². The molecule has 0 aliphatic rings. The molecule has 0 aromatic carbocycles. The summed E-state index contributed by atoms with van der Waals surface area (Å²) >= 11 is 5.74. The predicted molar refractivity (Wildman–Crippen MR) is 60.7 cm³/mol. The number of hydrogen-bond acceptors (Lipinski definition) is 3. The molecule has 0 saturated heterocycles. The highest BCUT2D eigenvalue weighted by Crippen LogP contribution is 2.12. The lowest BCUT2D eigenvalue weighted by molar-refractivity contribution is -0.114. The van der Waals surface area contributed by atoms with E-state index in [1.807, 2.05) is 0 Å². The molecule has 1 amide bonds. The van der Waals surface area contributed by atoms with Gasteiger partial charge < -0.3 is 5.32 Å². The highest BCUT2D eigenvalue weighted by Gasteiger charge is 2.01. The van der Waals surface area contributed by atoms with E-state index in [0.717, 1.165) is 0 Å². The SMILES string of the molecule is CC(=O)Nc1ccc(-n2cc(Cl)cn2)nc1. The predicted octanol–water partition coefficient (Wildman–Crippen LogP) is 1.88. The quantitative estimate of drug-likeness (QED) is 0.866. The lowest BCUT2D eigenvalue weighted by atomic mass is 10.4. The number of amides is 1. The minimum Gasteiger partial charge on any atom is -0.325 e. The van der Waals surface area contributed by atoms with Crippen LogP contribution < -0.4 is 5.32 Å². The highest BCUT2D eigenvalue weighted by molar-refractivity contribution is 6.30. The number of carbonyl (C=O) groups excluding carboxylic acids is 1. The van der Waals surface area contributed by atoms with E-state index < -0.39 is 0 Å². The molecule has 0 bridgehead atoms. The van der Waals surface area contributed by atoms with Gasteiger partial charge in [-0.25, -0.2) is 9.67 Å². The van der Waals surface area contributed by atoms with Crippen LogP contribution in [-0.4, -0.2) is 20.7 Å². The second-order valence-corrected chi connectivity index (χ2v) is 3.63. The fourth-order valence-electron chi connectivity index (χ4n) is 1.22. The van der Waals surface area contributed by atoms with Crippen molar-refractivity contribution < 1.29 is 4.79 Å². The van der Waals surface area contributed by atoms with Crippen molar-refractivity contribution in [3.8, 4) is 5.82 Å². The molecule has 2 aromatic heterocycles. The largest absolute Gasteiger partial charge is 0.325 e. The number of aromatic nitrogens is 3. The number of nitrogens with one attached hydrogen (secondary N) is 1. The monoisotopic (exact) mass is 236 g/mol. The Morgan fingerprint density at radius 3 is 2.75 bits per heavy atom. The van der Waals surface area contributed by atoms with Crippen molar-refractivity contribution >= 4 is 23.2 Å². The molecule has 0 spiro atoms. The van der Waals surface area contributed by atoms with E-state index in [-0.39, 0.29) is 5.91 Å². The minimum absolute atomic E-state index is 0.128. The van der Waals surface area contributed by atoms with Crippen molar-refractivity contribution in [2.75, 3.05) is 5.32 Å². The van der Waals surface area contributed by atoms with E-state index in [1.54, 1.807) is 29.2 Å². The van der Waals surface area contributed by atoms with Crippen LogP contribution in [0.2, 0.25) is 5.02 Å². The lowest BCUT2D eigenvalue weighted by Gasteiger charge is -2.03. The number of nitrogens with zero attached hydrogens (tertiary/aromatic N) is 3. The summed E-state index contributed by atoms with van der Waals surface area (Å²) in [4.78, 5) is 14.9. The molecular weight excluding hydrogens is 228 g/mol. The third kappa shape index (κ3) is 2.38. The van der Waals surface area contributed by atoms with E-state index in [9.17, 15) is 4.79 Å². The van der Waals surface area contributed by atoms with Gasteiger partial charge in [-0.1, -0.05) is 11.6 Å². The molecule has 0 fully saturated rings. The Morgan fingerprint density at radius 1 is 1.44 bits per heavy atom. The average molecular weight is 237 g/mol. The van der Waals surface area contributed by atoms with Crippen LogP contribution in [0.15, 0.2) is 30.7 Å². The van der Waals surface area contributed by atoms with Gasteiger partial charge in [0.2, 0.25) is 5.91 Å². The molecule has 0 saturated carbocycles. The zero-order valence-electron chi connectivity index (χ0n) is 8.51. The number of hydrogen-bond donors (Lipinski definition) is 1. The number of carbonyl (C=O) groups is 1. The maximum absolute atomic E-state index is 10.8. The fraction of sp³-hybridized carbons (Fsp3) is 0.100. The minimum atomic E-state index is -0.128. The van der Waals surface area contributed by atoms with Gasteiger partial charge in [-0.15, -0.1) is 0 Å². The van der Waals surface area contributed by atoms with Crippen LogP contribution in [0, 0.1) is 0 Å². The molecular formula is C10H9ClN4O. The first-order chi connectivity index (χ1) is 7.65. The molecule has 2 aromatic rings. The third-order valence-electron chi connectivity index (χ3n) is 1.85. The zero-order valence-corrected chi connectivity index (χ0v) is 9.27. The summed E-state index contributed by atoms with van der Waals surface area (Å²) in [5.74, 6) is 0.512. The van der Waals surface area contributed by atoms with Gasteiger partial charge in [0, 0.05) is 6.92 Å². The number of pyridine rings is 1. The lowest BCUT2D eigenvalue weighted by Crippen LogP contribution is -2.06. The molecule has 0 atom stereocenters. The third-order valence-corrected chi connectivity index (χ3v) is 2.05. The van der Waals surface area contributed by atoms with Crippen LogP contribution in [0.5, 0.6) is 0 Å². The van der Waals surface area contributed by atoms with Crippen molar-refractivity contribution in [2.24, 2.45) is 0 Å². The first-order valence-electron chi connectivity index (χ1n) is 4.59. The van der Waals surface area contributed by atoms with E-state index in [4.69, 9.17) is 11.6 Å². The molecule has 2 rings (SSSR count). The van der Waals surface area contributed by atoms with Crippen LogP contribution >= 0.6 is 11.6 Å². The van der Waals surface area contributed by atoms with Crippen LogP contribution in [-0.2, 0) is 4.79 Å². The molecule has 6 heteroatoms. The Balaban J connectivity index is 2.22. The summed E-state index contributed by atoms with van der Waals surface area (Å²) in [6.07, 6.45) is 4.75. The summed E-state index contributed by atoms with van der Waals surface area (Å²) in [5, 5.41) is 7.19. The van der Waals surface area contributed by atoms with Crippen molar-refractivity contribution in [1.82, 2.24) is 14.8 Å². The summed E-state index contributed by atoms with van der Waals surface area (Å²) in [6.45, 7) is 1.45. The van der Waals surface area contributed by atoms with Gasteiger partial charge in [-0.05, 0) is 12.1 Å². The van der Waals surface area contributed by atoms with Gasteiger partial charge in [0.1, 0.15) is 0 Å². The number of rotatable bonds is 2. The summed E-state index contributed by atoms with van der Waals surface area (Å²) < 4.78 is 1.56. The number of halogens is 1. The Kier molecular flexibility index (Phi) is 2.87. The maximum Gasteiger partial charge on any atom is 0.221 e. The fourth-order valence-corrected chi connectivity index (χ4v) is 1.36. The van der Waals surface area contributed by atoms with Crippen molar-refractivity contribution in [2.45, 2.75) is 6.92 Å².